The van der Waals surface area contributed by atoms with Crippen molar-refractivity contribution in [3.05, 3.63) is 116 Å². The Labute approximate surface area is 233 Å². The van der Waals surface area contributed by atoms with Crippen molar-refractivity contribution in [2.75, 3.05) is 0 Å². The summed E-state index contributed by atoms with van der Waals surface area (Å²) in [6.07, 6.45) is 0. The topological polar surface area (TPSA) is 34.1 Å². The molecule has 0 heterocycles. The van der Waals surface area contributed by atoms with Gasteiger partial charge in [-0.25, -0.2) is 0 Å². The lowest BCUT2D eigenvalue weighted by Crippen LogP contribution is -2.12. The van der Waals surface area contributed by atoms with Crippen LogP contribution in [0, 0.1) is 0 Å². The van der Waals surface area contributed by atoms with Gasteiger partial charge < -0.3 is 0 Å². The maximum absolute atomic E-state index is 13.7. The van der Waals surface area contributed by atoms with Gasteiger partial charge in [-0.15, -0.1) is 0 Å². The van der Waals surface area contributed by atoms with Crippen LogP contribution in [0.5, 0.6) is 0 Å². The lowest BCUT2D eigenvalue weighted by molar-refractivity contribution is 0.103. The fourth-order valence-electron chi connectivity index (χ4n) is 6.93. The average molecular weight is 614 g/mol. The standard InChI is InChI=1S/C34H14Br2O2/c35-31-29-16-6-2-4-8-21(16)34(38)24-14-11-19-18-10-13-23-26-17(15-5-1-3-7-20(15)33(23)37)9-12-22(25(18)26)30(32(31)36)27(19)28(24)29/h1-14H. The first-order valence-electron chi connectivity index (χ1n) is 12.4. The van der Waals surface area contributed by atoms with E-state index in [1.54, 1.807) is 0 Å². The van der Waals surface area contributed by atoms with Crippen LogP contribution in [-0.2, 0) is 0 Å². The number of benzene rings is 7. The molecule has 0 aromatic heterocycles. The van der Waals surface area contributed by atoms with Crippen LogP contribution in [0.4, 0.5) is 0 Å². The summed E-state index contributed by atoms with van der Waals surface area (Å²) in [5.41, 5.74) is 7.00. The molecule has 176 valence electrons. The SMILES string of the molecule is O=C1c2ccccc2-c2ccc3c4c(Br)c(Br)c5c6c(ccc(c7ccc1c2c73)c64)C(=O)c1ccccc1-5. The normalized spacial score (nSPS) is 13.6. The molecule has 38 heavy (non-hydrogen) atoms. The van der Waals surface area contributed by atoms with Crippen LogP contribution >= 0.6 is 31.9 Å². The Hall–Kier alpha value is -3.86. The van der Waals surface area contributed by atoms with Gasteiger partial charge in [0.25, 0.3) is 0 Å². The van der Waals surface area contributed by atoms with E-state index in [2.05, 4.69) is 56.1 Å². The monoisotopic (exact) mass is 612 g/mol. The highest BCUT2D eigenvalue weighted by molar-refractivity contribution is 9.13. The highest BCUT2D eigenvalue weighted by Gasteiger charge is 2.32. The van der Waals surface area contributed by atoms with Crippen molar-refractivity contribution in [2.45, 2.75) is 0 Å². The fourth-order valence-corrected chi connectivity index (χ4v) is 8.15. The Morgan fingerprint density at radius 1 is 0.368 bits per heavy atom. The summed E-state index contributed by atoms with van der Waals surface area (Å²) < 4.78 is 1.89. The van der Waals surface area contributed by atoms with Gasteiger partial charge in [0.1, 0.15) is 0 Å². The second-order valence-corrected chi connectivity index (χ2v) is 11.7. The molecule has 2 aliphatic rings. The van der Waals surface area contributed by atoms with E-state index in [0.29, 0.717) is 0 Å². The molecule has 0 amide bonds. The predicted molar refractivity (Wildman–Crippen MR) is 161 cm³/mol. The Bertz CT molecular complexity index is 2290. The minimum absolute atomic E-state index is 0.0538. The predicted octanol–water partition coefficient (Wildman–Crippen LogP) is 9.68. The Kier molecular flexibility index (Phi) is 3.87. The van der Waals surface area contributed by atoms with Gasteiger partial charge >= 0.3 is 0 Å². The van der Waals surface area contributed by atoms with Crippen molar-refractivity contribution >= 4 is 86.5 Å². The molecule has 0 spiro atoms. The minimum Gasteiger partial charge on any atom is -0.289 e. The molecule has 0 unspecified atom stereocenters. The summed E-state index contributed by atoms with van der Waals surface area (Å²) in [6, 6.07) is 28.2. The molecule has 0 saturated heterocycles. The average Bonchev–Trinajstić information content (AvgIpc) is 2.96. The van der Waals surface area contributed by atoms with Gasteiger partial charge in [-0.3, -0.25) is 9.59 Å². The van der Waals surface area contributed by atoms with Gasteiger partial charge in [-0.2, -0.15) is 0 Å². The molecule has 0 aliphatic heterocycles. The first-order valence-corrected chi connectivity index (χ1v) is 14.0. The van der Waals surface area contributed by atoms with Crippen LogP contribution in [0.25, 0.3) is 65.3 Å². The molecule has 0 atom stereocenters. The molecule has 2 nitrogen and oxygen atoms in total. The molecule has 0 saturated carbocycles. The largest absolute Gasteiger partial charge is 0.289 e. The maximum atomic E-state index is 13.7. The Morgan fingerprint density at radius 2 is 0.895 bits per heavy atom. The number of ketones is 2. The molecule has 0 radical (unpaired) electrons. The van der Waals surface area contributed by atoms with E-state index in [4.69, 9.17) is 0 Å². The van der Waals surface area contributed by atoms with Crippen LogP contribution in [0.1, 0.15) is 31.8 Å². The quantitative estimate of drug-likeness (QED) is 0.126. The van der Waals surface area contributed by atoms with Gasteiger partial charge in [0.15, 0.2) is 11.6 Å². The molecule has 7 aromatic rings. The zero-order chi connectivity index (χ0) is 25.4. The van der Waals surface area contributed by atoms with Crippen molar-refractivity contribution < 1.29 is 9.59 Å². The van der Waals surface area contributed by atoms with Crippen molar-refractivity contribution in [2.24, 2.45) is 0 Å². The van der Waals surface area contributed by atoms with Gasteiger partial charge in [0.2, 0.25) is 0 Å². The summed E-state index contributed by atoms with van der Waals surface area (Å²) in [6.45, 7) is 0. The van der Waals surface area contributed by atoms with E-state index in [9.17, 15) is 9.59 Å². The van der Waals surface area contributed by atoms with E-state index in [1.807, 2.05) is 60.7 Å². The molecule has 0 fully saturated rings. The number of hydrogen-bond donors (Lipinski definition) is 0. The van der Waals surface area contributed by atoms with E-state index < -0.39 is 0 Å². The third kappa shape index (κ3) is 2.27. The van der Waals surface area contributed by atoms with Crippen LogP contribution in [-0.4, -0.2) is 11.6 Å². The summed E-state index contributed by atoms with van der Waals surface area (Å²) in [5.74, 6) is 0.119. The van der Waals surface area contributed by atoms with Gasteiger partial charge in [-0.1, -0.05) is 72.8 Å². The van der Waals surface area contributed by atoms with Gasteiger partial charge in [0.05, 0.1) is 0 Å². The third-order valence-corrected chi connectivity index (χ3v) is 10.6. The summed E-state index contributed by atoms with van der Waals surface area (Å²) in [5, 5.41) is 8.47. The molecule has 9 rings (SSSR count). The first-order chi connectivity index (χ1) is 18.6. The molecule has 7 aromatic carbocycles. The molecule has 4 heteroatoms. The van der Waals surface area contributed by atoms with E-state index >= 15 is 0 Å². The number of rotatable bonds is 0. The van der Waals surface area contributed by atoms with E-state index in [-0.39, 0.29) is 11.6 Å². The first kappa shape index (κ1) is 21.1. The van der Waals surface area contributed by atoms with Gasteiger partial charge in [-0.05, 0) is 87.6 Å². The zero-order valence-corrected chi connectivity index (χ0v) is 22.8. The van der Waals surface area contributed by atoms with Crippen LogP contribution in [0.2, 0.25) is 0 Å². The fraction of sp³-hybridized carbons (Fsp3) is 0. The van der Waals surface area contributed by atoms with Crippen molar-refractivity contribution in [1.29, 1.82) is 0 Å². The molecule has 0 N–H and O–H groups in total. The van der Waals surface area contributed by atoms with Crippen LogP contribution in [0.15, 0.2) is 93.9 Å². The highest BCUT2D eigenvalue weighted by atomic mass is 79.9. The van der Waals surface area contributed by atoms with Crippen LogP contribution < -0.4 is 0 Å². The lowest BCUT2D eigenvalue weighted by atomic mass is 9.76. The molecular formula is C34H14Br2O2. The lowest BCUT2D eigenvalue weighted by Gasteiger charge is -2.27. The number of carbonyl (C=O) groups is 2. The smallest absolute Gasteiger partial charge is 0.194 e. The Morgan fingerprint density at radius 3 is 1.61 bits per heavy atom. The van der Waals surface area contributed by atoms with E-state index in [0.717, 1.165) is 96.5 Å². The number of hydrogen-bond acceptors (Lipinski definition) is 2. The summed E-state index contributed by atoms with van der Waals surface area (Å²) >= 11 is 7.88. The zero-order valence-electron chi connectivity index (χ0n) is 19.7. The highest BCUT2D eigenvalue weighted by Crippen LogP contribution is 2.54. The van der Waals surface area contributed by atoms with Gasteiger partial charge in [0, 0.05) is 52.9 Å². The minimum atomic E-state index is 0.0538. The second-order valence-electron chi connectivity index (χ2n) is 10.1. The number of fused-ring (bicyclic) bond motifs is 6. The summed E-state index contributed by atoms with van der Waals surface area (Å²) in [7, 11) is 0. The molecule has 2 aliphatic carbocycles. The third-order valence-electron chi connectivity index (χ3n) is 8.45. The summed E-state index contributed by atoms with van der Waals surface area (Å²) in [4.78, 5) is 27.3. The van der Waals surface area contributed by atoms with Crippen molar-refractivity contribution in [3.63, 3.8) is 0 Å². The number of carbonyl (C=O) groups excluding carboxylic acids is 2. The number of halogens is 2. The second kappa shape index (κ2) is 6.96. The maximum Gasteiger partial charge on any atom is 0.194 e. The van der Waals surface area contributed by atoms with Crippen LogP contribution in [0.3, 0.4) is 0 Å². The van der Waals surface area contributed by atoms with E-state index in [1.165, 1.54) is 0 Å². The molecule has 0 bridgehead atoms. The van der Waals surface area contributed by atoms with Crippen molar-refractivity contribution in [3.8, 4) is 22.3 Å². The molecular weight excluding hydrogens is 600 g/mol. The Balaban J connectivity index is 1.57. The van der Waals surface area contributed by atoms with Crippen molar-refractivity contribution in [1.82, 2.24) is 0 Å².